The van der Waals surface area contributed by atoms with Crippen LogP contribution >= 0.6 is 0 Å². The molecule has 0 heterocycles. The molecule has 146 valence electrons. The quantitative estimate of drug-likeness (QED) is 0.679. The molecule has 1 unspecified atom stereocenters. The summed E-state index contributed by atoms with van der Waals surface area (Å²) in [6.07, 6.45) is 1.14. The number of carbonyl (C=O) groups excluding carboxylic acids is 1. The van der Waals surface area contributed by atoms with Crippen LogP contribution in [0.3, 0.4) is 0 Å². The van der Waals surface area contributed by atoms with Gasteiger partial charge < -0.3 is 9.84 Å². The highest BCUT2D eigenvalue weighted by Crippen LogP contribution is 2.31. The maximum Gasteiger partial charge on any atom is 0.303 e. The predicted molar refractivity (Wildman–Crippen MR) is 107 cm³/mol. The Bertz CT molecular complexity index is 693. The number of carbonyl (C=O) groups is 2. The van der Waals surface area contributed by atoms with E-state index in [0.717, 1.165) is 12.0 Å². The van der Waals surface area contributed by atoms with Crippen molar-refractivity contribution in [2.45, 2.75) is 52.6 Å². The smallest absolute Gasteiger partial charge is 0.303 e. The predicted octanol–water partition coefficient (Wildman–Crippen LogP) is 5.21. The zero-order valence-electron chi connectivity index (χ0n) is 16.6. The highest BCUT2D eigenvalue weighted by Gasteiger charge is 2.24. The molecule has 0 bridgehead atoms. The van der Waals surface area contributed by atoms with Gasteiger partial charge in [0, 0.05) is 13.3 Å². The van der Waals surface area contributed by atoms with E-state index in [2.05, 4.69) is 26.0 Å². The summed E-state index contributed by atoms with van der Waals surface area (Å²) in [7, 11) is 0. The molecule has 0 aromatic heterocycles. The molecule has 0 aliphatic carbocycles. The third kappa shape index (κ3) is 9.59. The first-order valence-electron chi connectivity index (χ1n) is 9.15. The second-order valence-electron chi connectivity index (χ2n) is 7.42. The van der Waals surface area contributed by atoms with Crippen molar-refractivity contribution in [1.82, 2.24) is 0 Å². The number of ether oxygens (including phenoxy) is 1. The van der Waals surface area contributed by atoms with Gasteiger partial charge in [-0.1, -0.05) is 81.4 Å². The molecule has 1 atom stereocenters. The molecule has 4 heteroatoms. The van der Waals surface area contributed by atoms with Crippen molar-refractivity contribution in [1.29, 1.82) is 0 Å². The van der Waals surface area contributed by atoms with Crippen LogP contribution in [-0.2, 0) is 26.3 Å². The standard InChI is InChI=1S/C14H20O2.C9H10O2/c1-11(9-13(15)16)10-14(2,3)12-7-5-4-6-8-12;1-8(10)11-7-9-5-3-2-4-6-9/h4-8,11H,9-10H2,1-3H3,(H,15,16);2-6H,7H2,1H3. The normalized spacial score (nSPS) is 11.7. The fourth-order valence-electron chi connectivity index (χ4n) is 3.01. The Labute approximate surface area is 162 Å². The summed E-state index contributed by atoms with van der Waals surface area (Å²) >= 11 is 0. The number of aliphatic carboxylic acids is 1. The molecule has 0 radical (unpaired) electrons. The van der Waals surface area contributed by atoms with Crippen molar-refractivity contribution in [3.8, 4) is 0 Å². The van der Waals surface area contributed by atoms with Gasteiger partial charge >= 0.3 is 11.9 Å². The van der Waals surface area contributed by atoms with Gasteiger partial charge in [0.1, 0.15) is 6.61 Å². The maximum atomic E-state index is 10.6. The molecule has 0 aliphatic rings. The molecule has 0 saturated carbocycles. The van der Waals surface area contributed by atoms with E-state index in [0.29, 0.717) is 6.61 Å². The Balaban J connectivity index is 0.000000289. The van der Waals surface area contributed by atoms with E-state index in [-0.39, 0.29) is 23.7 Å². The lowest BCUT2D eigenvalue weighted by atomic mass is 9.77. The molecule has 4 nitrogen and oxygen atoms in total. The van der Waals surface area contributed by atoms with Crippen LogP contribution in [0.15, 0.2) is 60.7 Å². The zero-order chi connectivity index (χ0) is 20.3. The molecule has 2 aromatic rings. The number of carboxylic acids is 1. The van der Waals surface area contributed by atoms with Crippen LogP contribution in [0.5, 0.6) is 0 Å². The molecule has 0 fully saturated rings. The van der Waals surface area contributed by atoms with Gasteiger partial charge in [-0.2, -0.15) is 0 Å². The van der Waals surface area contributed by atoms with E-state index in [1.165, 1.54) is 12.5 Å². The topological polar surface area (TPSA) is 63.6 Å². The number of hydrogen-bond acceptors (Lipinski definition) is 3. The lowest BCUT2D eigenvalue weighted by Gasteiger charge is -2.28. The Morgan fingerprint density at radius 1 is 1.00 bits per heavy atom. The van der Waals surface area contributed by atoms with Gasteiger partial charge in [0.25, 0.3) is 0 Å². The van der Waals surface area contributed by atoms with Crippen LogP contribution in [0.25, 0.3) is 0 Å². The average molecular weight is 370 g/mol. The highest BCUT2D eigenvalue weighted by molar-refractivity contribution is 5.67. The van der Waals surface area contributed by atoms with Crippen molar-refractivity contribution in [2.24, 2.45) is 5.92 Å². The lowest BCUT2D eigenvalue weighted by molar-refractivity contribution is -0.142. The first-order valence-corrected chi connectivity index (χ1v) is 9.15. The van der Waals surface area contributed by atoms with Crippen LogP contribution in [-0.4, -0.2) is 17.0 Å². The average Bonchev–Trinajstić information content (AvgIpc) is 2.61. The monoisotopic (exact) mass is 370 g/mol. The fraction of sp³-hybridized carbons (Fsp3) is 0.391. The van der Waals surface area contributed by atoms with Crippen LogP contribution in [0, 0.1) is 5.92 Å². The Hall–Kier alpha value is -2.62. The minimum atomic E-state index is -0.712. The van der Waals surface area contributed by atoms with Crippen LogP contribution in [0.2, 0.25) is 0 Å². The molecule has 2 rings (SSSR count). The zero-order valence-corrected chi connectivity index (χ0v) is 16.6. The van der Waals surface area contributed by atoms with E-state index in [1.807, 2.05) is 55.5 Å². The third-order valence-electron chi connectivity index (χ3n) is 4.22. The molecule has 0 aliphatic heterocycles. The van der Waals surface area contributed by atoms with Gasteiger partial charge in [0.05, 0.1) is 0 Å². The molecule has 2 aromatic carbocycles. The van der Waals surface area contributed by atoms with E-state index in [9.17, 15) is 9.59 Å². The van der Waals surface area contributed by atoms with Gasteiger partial charge in [-0.3, -0.25) is 9.59 Å². The van der Waals surface area contributed by atoms with Gasteiger partial charge in [-0.05, 0) is 28.9 Å². The van der Waals surface area contributed by atoms with Crippen LogP contribution in [0.4, 0.5) is 0 Å². The number of hydrogen-bond donors (Lipinski definition) is 1. The van der Waals surface area contributed by atoms with Crippen molar-refractivity contribution >= 4 is 11.9 Å². The molecule has 0 spiro atoms. The second kappa shape index (κ2) is 11.2. The van der Waals surface area contributed by atoms with Crippen molar-refractivity contribution in [3.63, 3.8) is 0 Å². The minimum absolute atomic E-state index is 0.0378. The maximum absolute atomic E-state index is 10.6. The van der Waals surface area contributed by atoms with Gasteiger partial charge in [-0.25, -0.2) is 0 Å². The summed E-state index contributed by atoms with van der Waals surface area (Å²) < 4.78 is 4.79. The summed E-state index contributed by atoms with van der Waals surface area (Å²) in [5, 5.41) is 8.75. The lowest BCUT2D eigenvalue weighted by Crippen LogP contribution is -2.21. The van der Waals surface area contributed by atoms with E-state index in [1.54, 1.807) is 0 Å². The Kier molecular flexibility index (Phi) is 9.27. The number of esters is 1. The van der Waals surface area contributed by atoms with E-state index in [4.69, 9.17) is 9.84 Å². The minimum Gasteiger partial charge on any atom is -0.481 e. The van der Waals surface area contributed by atoms with Gasteiger partial charge in [-0.15, -0.1) is 0 Å². The van der Waals surface area contributed by atoms with E-state index >= 15 is 0 Å². The second-order valence-corrected chi connectivity index (χ2v) is 7.42. The van der Waals surface area contributed by atoms with Crippen molar-refractivity contribution < 1.29 is 19.4 Å². The molecular weight excluding hydrogens is 340 g/mol. The number of benzene rings is 2. The summed E-state index contributed by atoms with van der Waals surface area (Å²) in [6, 6.07) is 19.9. The molecule has 27 heavy (non-hydrogen) atoms. The van der Waals surface area contributed by atoms with Crippen molar-refractivity contribution in [2.75, 3.05) is 0 Å². The molecular formula is C23H30O4. The summed E-state index contributed by atoms with van der Waals surface area (Å²) in [5.74, 6) is -0.752. The summed E-state index contributed by atoms with van der Waals surface area (Å²) in [6.45, 7) is 8.11. The van der Waals surface area contributed by atoms with Crippen LogP contribution < -0.4 is 0 Å². The SMILES string of the molecule is CC(=O)OCc1ccccc1.CC(CC(=O)O)CC(C)(C)c1ccccc1. The molecule has 0 amide bonds. The largest absolute Gasteiger partial charge is 0.481 e. The van der Waals surface area contributed by atoms with Crippen molar-refractivity contribution in [3.05, 3.63) is 71.8 Å². The first kappa shape index (κ1) is 22.4. The van der Waals surface area contributed by atoms with Gasteiger partial charge in [0.15, 0.2) is 0 Å². The van der Waals surface area contributed by atoms with E-state index < -0.39 is 5.97 Å². The molecule has 1 N–H and O–H groups in total. The molecule has 0 saturated heterocycles. The summed E-state index contributed by atoms with van der Waals surface area (Å²) in [4.78, 5) is 21.0. The fourth-order valence-corrected chi connectivity index (χ4v) is 3.01. The number of rotatable bonds is 7. The summed E-state index contributed by atoms with van der Waals surface area (Å²) in [5.41, 5.74) is 2.32. The Morgan fingerprint density at radius 3 is 2.00 bits per heavy atom. The third-order valence-corrected chi connectivity index (χ3v) is 4.22. The van der Waals surface area contributed by atoms with Gasteiger partial charge in [0.2, 0.25) is 0 Å². The highest BCUT2D eigenvalue weighted by atomic mass is 16.5. The number of carboxylic acid groups (broad SMARTS) is 1. The Morgan fingerprint density at radius 2 is 1.52 bits per heavy atom. The first-order chi connectivity index (χ1) is 12.7. The van der Waals surface area contributed by atoms with Crippen LogP contribution in [0.1, 0.15) is 51.7 Å².